The standard InChI is InChI=1S/C14H24O3/c1-11(2)5-7-13(15)12(3)6-8-14-16-9-4-10-17-14/h5,7,11-12,14H,4,6,8-10H2,1-3H3/b7-5+. The zero-order chi connectivity index (χ0) is 12.7. The Kier molecular flexibility index (Phi) is 6.45. The molecule has 1 rings (SSSR count). The van der Waals surface area contributed by atoms with Crippen LogP contribution >= 0.6 is 0 Å². The minimum atomic E-state index is -0.104. The van der Waals surface area contributed by atoms with Crippen molar-refractivity contribution in [1.29, 1.82) is 0 Å². The Morgan fingerprint density at radius 3 is 2.53 bits per heavy atom. The van der Waals surface area contributed by atoms with Gasteiger partial charge >= 0.3 is 0 Å². The highest BCUT2D eigenvalue weighted by Gasteiger charge is 2.17. The summed E-state index contributed by atoms with van der Waals surface area (Å²) in [7, 11) is 0. The summed E-state index contributed by atoms with van der Waals surface area (Å²) in [6, 6.07) is 0. The van der Waals surface area contributed by atoms with Crippen LogP contribution < -0.4 is 0 Å². The number of hydrogen-bond donors (Lipinski definition) is 0. The minimum absolute atomic E-state index is 0.0547. The molecule has 0 aromatic heterocycles. The summed E-state index contributed by atoms with van der Waals surface area (Å²) in [6.45, 7) is 7.66. The highest BCUT2D eigenvalue weighted by Crippen LogP contribution is 2.16. The van der Waals surface area contributed by atoms with E-state index < -0.39 is 0 Å². The van der Waals surface area contributed by atoms with Crippen molar-refractivity contribution in [3.8, 4) is 0 Å². The molecule has 0 saturated carbocycles. The van der Waals surface area contributed by atoms with Crippen LogP contribution in [0.15, 0.2) is 12.2 Å². The Morgan fingerprint density at radius 2 is 1.94 bits per heavy atom. The van der Waals surface area contributed by atoms with Crippen molar-refractivity contribution in [2.45, 2.75) is 46.3 Å². The molecule has 0 aliphatic carbocycles. The van der Waals surface area contributed by atoms with Gasteiger partial charge in [-0.25, -0.2) is 0 Å². The van der Waals surface area contributed by atoms with Crippen molar-refractivity contribution in [2.75, 3.05) is 13.2 Å². The first-order valence-corrected chi connectivity index (χ1v) is 6.55. The first-order chi connectivity index (χ1) is 8.09. The van der Waals surface area contributed by atoms with Crippen LogP contribution in [0.2, 0.25) is 0 Å². The second kappa shape index (κ2) is 7.62. The second-order valence-electron chi connectivity index (χ2n) is 5.01. The van der Waals surface area contributed by atoms with Gasteiger partial charge in [0.15, 0.2) is 12.1 Å². The van der Waals surface area contributed by atoms with Crippen molar-refractivity contribution in [2.24, 2.45) is 11.8 Å². The van der Waals surface area contributed by atoms with Gasteiger partial charge in [0.2, 0.25) is 0 Å². The molecule has 0 N–H and O–H groups in total. The Morgan fingerprint density at radius 1 is 1.29 bits per heavy atom. The van der Waals surface area contributed by atoms with E-state index in [1.54, 1.807) is 6.08 Å². The molecule has 1 fully saturated rings. The maximum Gasteiger partial charge on any atom is 0.158 e. The first kappa shape index (κ1) is 14.4. The third kappa shape index (κ3) is 5.99. The molecule has 3 nitrogen and oxygen atoms in total. The van der Waals surface area contributed by atoms with E-state index in [0.717, 1.165) is 32.5 Å². The summed E-state index contributed by atoms with van der Waals surface area (Å²) in [4.78, 5) is 11.8. The molecular weight excluding hydrogens is 216 g/mol. The quantitative estimate of drug-likeness (QED) is 0.670. The molecule has 3 heteroatoms. The molecule has 98 valence electrons. The average Bonchev–Trinajstić information content (AvgIpc) is 2.34. The Bertz CT molecular complexity index is 252. The van der Waals surface area contributed by atoms with Crippen LogP contribution in [0.5, 0.6) is 0 Å². The van der Waals surface area contributed by atoms with E-state index in [2.05, 4.69) is 13.8 Å². The molecule has 0 aromatic carbocycles. The molecule has 1 unspecified atom stereocenters. The molecule has 1 saturated heterocycles. The fourth-order valence-corrected chi connectivity index (χ4v) is 1.68. The van der Waals surface area contributed by atoms with Gasteiger partial charge in [0, 0.05) is 5.92 Å². The first-order valence-electron chi connectivity index (χ1n) is 6.55. The summed E-state index contributed by atoms with van der Waals surface area (Å²) in [5.41, 5.74) is 0. The topological polar surface area (TPSA) is 35.5 Å². The molecule has 0 radical (unpaired) electrons. The van der Waals surface area contributed by atoms with E-state index in [0.29, 0.717) is 5.92 Å². The van der Waals surface area contributed by atoms with E-state index in [1.165, 1.54) is 0 Å². The van der Waals surface area contributed by atoms with Crippen LogP contribution in [0.25, 0.3) is 0 Å². The molecule has 0 spiro atoms. The number of ketones is 1. The van der Waals surface area contributed by atoms with Gasteiger partial charge < -0.3 is 9.47 Å². The van der Waals surface area contributed by atoms with E-state index in [1.807, 2.05) is 13.0 Å². The van der Waals surface area contributed by atoms with E-state index in [9.17, 15) is 4.79 Å². The molecule has 1 aliphatic rings. The van der Waals surface area contributed by atoms with Crippen molar-refractivity contribution in [3.63, 3.8) is 0 Å². The zero-order valence-corrected chi connectivity index (χ0v) is 11.1. The lowest BCUT2D eigenvalue weighted by molar-refractivity contribution is -0.182. The Labute approximate surface area is 104 Å². The van der Waals surface area contributed by atoms with Crippen molar-refractivity contribution < 1.29 is 14.3 Å². The Balaban J connectivity index is 2.23. The predicted molar refractivity (Wildman–Crippen MR) is 67.7 cm³/mol. The smallest absolute Gasteiger partial charge is 0.158 e. The summed E-state index contributed by atoms with van der Waals surface area (Å²) < 4.78 is 10.9. The molecular formula is C14H24O3. The van der Waals surface area contributed by atoms with Gasteiger partial charge in [-0.1, -0.05) is 26.8 Å². The molecule has 1 heterocycles. The van der Waals surface area contributed by atoms with Gasteiger partial charge in [-0.05, 0) is 31.3 Å². The summed E-state index contributed by atoms with van der Waals surface area (Å²) in [6.07, 6.45) is 6.16. The van der Waals surface area contributed by atoms with Crippen molar-refractivity contribution >= 4 is 5.78 Å². The summed E-state index contributed by atoms with van der Waals surface area (Å²) in [5, 5.41) is 0. The van der Waals surface area contributed by atoms with Gasteiger partial charge in [0.05, 0.1) is 13.2 Å². The number of carbonyl (C=O) groups excluding carboxylic acids is 1. The summed E-state index contributed by atoms with van der Waals surface area (Å²) >= 11 is 0. The molecule has 1 aliphatic heterocycles. The highest BCUT2D eigenvalue weighted by atomic mass is 16.7. The van der Waals surface area contributed by atoms with Crippen molar-refractivity contribution in [1.82, 2.24) is 0 Å². The lowest BCUT2D eigenvalue weighted by Crippen LogP contribution is -2.25. The number of rotatable bonds is 6. The maximum absolute atomic E-state index is 11.8. The van der Waals surface area contributed by atoms with Crippen LogP contribution in [0.1, 0.15) is 40.0 Å². The lowest BCUT2D eigenvalue weighted by atomic mass is 9.99. The van der Waals surface area contributed by atoms with Gasteiger partial charge in [-0.15, -0.1) is 0 Å². The minimum Gasteiger partial charge on any atom is -0.353 e. The molecule has 0 bridgehead atoms. The fourth-order valence-electron chi connectivity index (χ4n) is 1.68. The largest absolute Gasteiger partial charge is 0.353 e. The molecule has 17 heavy (non-hydrogen) atoms. The molecule has 0 amide bonds. The third-order valence-corrected chi connectivity index (χ3v) is 2.86. The SMILES string of the molecule is CC(C)/C=C/C(=O)C(C)CCC1OCCCO1. The number of hydrogen-bond acceptors (Lipinski definition) is 3. The van der Waals surface area contributed by atoms with Crippen LogP contribution in [-0.4, -0.2) is 25.3 Å². The Hall–Kier alpha value is -0.670. The average molecular weight is 240 g/mol. The van der Waals surface area contributed by atoms with Crippen LogP contribution in [0.4, 0.5) is 0 Å². The number of carbonyl (C=O) groups is 1. The second-order valence-corrected chi connectivity index (χ2v) is 5.01. The number of ether oxygens (including phenoxy) is 2. The van der Waals surface area contributed by atoms with Crippen molar-refractivity contribution in [3.05, 3.63) is 12.2 Å². The third-order valence-electron chi connectivity index (χ3n) is 2.86. The van der Waals surface area contributed by atoms with Crippen LogP contribution in [-0.2, 0) is 14.3 Å². The van der Waals surface area contributed by atoms with E-state index in [-0.39, 0.29) is 18.0 Å². The number of allylic oxidation sites excluding steroid dienone is 2. The fraction of sp³-hybridized carbons (Fsp3) is 0.786. The van der Waals surface area contributed by atoms with Gasteiger partial charge in [0.1, 0.15) is 0 Å². The van der Waals surface area contributed by atoms with E-state index in [4.69, 9.17) is 9.47 Å². The lowest BCUT2D eigenvalue weighted by Gasteiger charge is -2.23. The predicted octanol–water partition coefficient (Wildman–Crippen LogP) is 2.95. The molecule has 0 aromatic rings. The zero-order valence-electron chi connectivity index (χ0n) is 11.1. The summed E-state index contributed by atoms with van der Waals surface area (Å²) in [5.74, 6) is 0.685. The van der Waals surface area contributed by atoms with Gasteiger partial charge in [-0.3, -0.25) is 4.79 Å². The van der Waals surface area contributed by atoms with Gasteiger partial charge in [-0.2, -0.15) is 0 Å². The van der Waals surface area contributed by atoms with Gasteiger partial charge in [0.25, 0.3) is 0 Å². The monoisotopic (exact) mass is 240 g/mol. The molecule has 1 atom stereocenters. The normalized spacial score (nSPS) is 20.0. The van der Waals surface area contributed by atoms with Crippen LogP contribution in [0.3, 0.4) is 0 Å². The van der Waals surface area contributed by atoms with Crippen LogP contribution in [0, 0.1) is 11.8 Å². The van der Waals surface area contributed by atoms with E-state index >= 15 is 0 Å². The maximum atomic E-state index is 11.8. The highest BCUT2D eigenvalue weighted by molar-refractivity contribution is 5.91.